The first-order valence-corrected chi connectivity index (χ1v) is 10.3. The highest BCUT2D eigenvalue weighted by molar-refractivity contribution is 6.36. The lowest BCUT2D eigenvalue weighted by Crippen LogP contribution is -2.36. The van der Waals surface area contributed by atoms with E-state index in [0.29, 0.717) is 42.1 Å². The van der Waals surface area contributed by atoms with Crippen molar-refractivity contribution in [2.75, 3.05) is 37.0 Å². The molecule has 7 nitrogen and oxygen atoms in total. The van der Waals surface area contributed by atoms with Gasteiger partial charge in [0.25, 0.3) is 11.8 Å². The molecule has 0 saturated carbocycles. The molecule has 0 fully saturated rings. The van der Waals surface area contributed by atoms with Gasteiger partial charge >= 0.3 is 0 Å². The first-order chi connectivity index (χ1) is 15.0. The van der Waals surface area contributed by atoms with E-state index in [1.807, 2.05) is 42.2 Å². The van der Waals surface area contributed by atoms with Gasteiger partial charge in [0.15, 0.2) is 0 Å². The number of amides is 3. The fourth-order valence-corrected chi connectivity index (χ4v) is 3.65. The fourth-order valence-electron chi connectivity index (χ4n) is 3.65. The highest BCUT2D eigenvalue weighted by Gasteiger charge is 2.41. The van der Waals surface area contributed by atoms with Crippen LogP contribution in [0.1, 0.15) is 25.8 Å². The van der Waals surface area contributed by atoms with E-state index >= 15 is 0 Å². The Hall–Kier alpha value is -3.45. The summed E-state index contributed by atoms with van der Waals surface area (Å²) in [5.41, 5.74) is 2.83. The molecule has 7 heteroatoms. The molecule has 2 aromatic carbocycles. The molecule has 0 radical (unpaired) electrons. The standard InChI is InChI=1S/C24H27N3O4/c1-4-26(20-9-6-5-7-10-20)22-21(18-11-13-19(14-12-18)25-17(2)28)23(29)27(24(22)30)15-8-16-31-3/h5-7,9-14H,4,8,15-16H2,1-3H3,(H,25,28). The molecule has 0 aliphatic carbocycles. The molecule has 162 valence electrons. The summed E-state index contributed by atoms with van der Waals surface area (Å²) in [4.78, 5) is 41.2. The van der Waals surface area contributed by atoms with Crippen molar-refractivity contribution in [2.24, 2.45) is 0 Å². The molecule has 0 bridgehead atoms. The van der Waals surface area contributed by atoms with Gasteiger partial charge in [-0.05, 0) is 43.2 Å². The van der Waals surface area contributed by atoms with Crippen LogP contribution in [0.2, 0.25) is 0 Å². The molecule has 0 spiro atoms. The lowest BCUT2D eigenvalue weighted by Gasteiger charge is -2.25. The number of hydrogen-bond donors (Lipinski definition) is 1. The van der Waals surface area contributed by atoms with Crippen LogP contribution in [0.15, 0.2) is 60.3 Å². The molecule has 2 aromatic rings. The Kier molecular flexibility index (Phi) is 7.20. The zero-order valence-electron chi connectivity index (χ0n) is 18.1. The van der Waals surface area contributed by atoms with Gasteiger partial charge in [-0.3, -0.25) is 19.3 Å². The van der Waals surface area contributed by atoms with E-state index < -0.39 is 0 Å². The van der Waals surface area contributed by atoms with Crippen molar-refractivity contribution in [3.05, 3.63) is 65.9 Å². The van der Waals surface area contributed by atoms with Crippen LogP contribution in [-0.4, -0.2) is 49.4 Å². The van der Waals surface area contributed by atoms with Gasteiger partial charge in [0.1, 0.15) is 5.70 Å². The van der Waals surface area contributed by atoms with Gasteiger partial charge < -0.3 is 15.0 Å². The van der Waals surface area contributed by atoms with Gasteiger partial charge in [-0.2, -0.15) is 0 Å². The smallest absolute Gasteiger partial charge is 0.278 e. The zero-order valence-corrected chi connectivity index (χ0v) is 18.1. The van der Waals surface area contributed by atoms with Gasteiger partial charge in [0.2, 0.25) is 5.91 Å². The monoisotopic (exact) mass is 421 g/mol. The summed E-state index contributed by atoms with van der Waals surface area (Å²) in [5.74, 6) is -0.809. The number of carbonyl (C=O) groups is 3. The van der Waals surface area contributed by atoms with Crippen LogP contribution in [0.5, 0.6) is 0 Å². The normalized spacial score (nSPS) is 13.7. The minimum atomic E-state index is -0.322. The highest BCUT2D eigenvalue weighted by Crippen LogP contribution is 2.34. The maximum atomic E-state index is 13.4. The van der Waals surface area contributed by atoms with Crippen molar-refractivity contribution in [3.8, 4) is 0 Å². The van der Waals surface area contributed by atoms with Crippen LogP contribution >= 0.6 is 0 Å². The molecular formula is C24H27N3O4. The molecule has 0 unspecified atom stereocenters. The van der Waals surface area contributed by atoms with Crippen LogP contribution in [0.25, 0.3) is 5.57 Å². The number of benzene rings is 2. The number of anilines is 2. The molecule has 3 amide bonds. The maximum Gasteiger partial charge on any atom is 0.278 e. The summed E-state index contributed by atoms with van der Waals surface area (Å²) in [5, 5.41) is 2.72. The minimum absolute atomic E-state index is 0.176. The van der Waals surface area contributed by atoms with Gasteiger partial charge in [-0.1, -0.05) is 30.3 Å². The molecule has 1 heterocycles. The quantitative estimate of drug-likeness (QED) is 0.497. The largest absolute Gasteiger partial charge is 0.385 e. The average Bonchev–Trinajstić information content (AvgIpc) is 3.00. The lowest BCUT2D eigenvalue weighted by molar-refractivity contribution is -0.137. The predicted octanol–water partition coefficient (Wildman–Crippen LogP) is 3.29. The lowest BCUT2D eigenvalue weighted by atomic mass is 10.0. The van der Waals surface area contributed by atoms with Gasteiger partial charge in [-0.15, -0.1) is 0 Å². The number of hydrogen-bond acceptors (Lipinski definition) is 5. The summed E-state index contributed by atoms with van der Waals surface area (Å²) in [6.07, 6.45) is 0.563. The number of nitrogens with one attached hydrogen (secondary N) is 1. The Labute approximate surface area is 182 Å². The number of ether oxygens (including phenoxy) is 1. The molecule has 1 aliphatic heterocycles. The maximum absolute atomic E-state index is 13.4. The summed E-state index contributed by atoms with van der Waals surface area (Å²) < 4.78 is 5.09. The number of nitrogens with zero attached hydrogens (tertiary/aromatic N) is 2. The molecule has 1 aliphatic rings. The van der Waals surface area contributed by atoms with Crippen molar-refractivity contribution in [3.63, 3.8) is 0 Å². The van der Waals surface area contributed by atoms with Gasteiger partial charge in [0.05, 0.1) is 5.57 Å². The molecule has 3 rings (SSSR count). The third-order valence-electron chi connectivity index (χ3n) is 5.02. The first kappa shape index (κ1) is 22.2. The molecule has 0 aromatic heterocycles. The predicted molar refractivity (Wildman–Crippen MR) is 120 cm³/mol. The van der Waals surface area contributed by atoms with E-state index in [2.05, 4.69) is 5.32 Å². The summed E-state index contributed by atoms with van der Waals surface area (Å²) >= 11 is 0. The number of imide groups is 1. The van der Waals surface area contributed by atoms with Crippen molar-refractivity contribution in [1.82, 2.24) is 4.90 Å². The van der Waals surface area contributed by atoms with Crippen LogP contribution in [0.4, 0.5) is 11.4 Å². The van der Waals surface area contributed by atoms with Crippen LogP contribution in [-0.2, 0) is 19.1 Å². The second-order valence-corrected chi connectivity index (χ2v) is 7.17. The van der Waals surface area contributed by atoms with Crippen molar-refractivity contribution in [2.45, 2.75) is 20.3 Å². The SMILES string of the molecule is CCN(C1=C(c2ccc(NC(C)=O)cc2)C(=O)N(CCCOC)C1=O)c1ccccc1. The topological polar surface area (TPSA) is 79.0 Å². The first-order valence-electron chi connectivity index (χ1n) is 10.3. The number of carbonyl (C=O) groups excluding carboxylic acids is 3. The molecular weight excluding hydrogens is 394 g/mol. The Bertz CT molecular complexity index is 984. The fraction of sp³-hybridized carbons (Fsp3) is 0.292. The Morgan fingerprint density at radius 2 is 1.71 bits per heavy atom. The Morgan fingerprint density at radius 1 is 1.03 bits per heavy atom. The number of rotatable bonds is 9. The third-order valence-corrected chi connectivity index (χ3v) is 5.02. The summed E-state index contributed by atoms with van der Waals surface area (Å²) in [6, 6.07) is 16.5. The molecule has 31 heavy (non-hydrogen) atoms. The number of methoxy groups -OCH3 is 1. The second-order valence-electron chi connectivity index (χ2n) is 7.17. The highest BCUT2D eigenvalue weighted by atomic mass is 16.5. The molecule has 1 N–H and O–H groups in total. The summed E-state index contributed by atoms with van der Waals surface area (Å²) in [6.45, 7) is 4.66. The average molecular weight is 421 g/mol. The van der Waals surface area contributed by atoms with Gasteiger partial charge in [-0.25, -0.2) is 0 Å². The van der Waals surface area contributed by atoms with Crippen LogP contribution in [0, 0.1) is 0 Å². The number of likely N-dealkylation sites (N-methyl/N-ethyl adjacent to an activating group) is 1. The number of para-hydroxylation sites is 1. The van der Waals surface area contributed by atoms with Gasteiger partial charge in [0, 0.05) is 45.1 Å². The third kappa shape index (κ3) is 4.83. The molecule has 0 saturated heterocycles. The van der Waals surface area contributed by atoms with Crippen molar-refractivity contribution in [1.29, 1.82) is 0 Å². The minimum Gasteiger partial charge on any atom is -0.385 e. The Balaban J connectivity index is 2.06. The van der Waals surface area contributed by atoms with E-state index in [1.165, 1.54) is 11.8 Å². The van der Waals surface area contributed by atoms with Crippen LogP contribution in [0.3, 0.4) is 0 Å². The second kappa shape index (κ2) is 10.0. The zero-order chi connectivity index (χ0) is 22.4. The molecule has 0 atom stereocenters. The van der Waals surface area contributed by atoms with E-state index in [4.69, 9.17) is 4.74 Å². The van der Waals surface area contributed by atoms with E-state index in [9.17, 15) is 14.4 Å². The Morgan fingerprint density at radius 3 is 2.29 bits per heavy atom. The van der Waals surface area contributed by atoms with E-state index in [1.54, 1.807) is 31.4 Å². The van der Waals surface area contributed by atoms with Crippen LogP contribution < -0.4 is 10.2 Å². The summed E-state index contributed by atoms with van der Waals surface area (Å²) in [7, 11) is 1.59. The van der Waals surface area contributed by atoms with Crippen molar-refractivity contribution >= 4 is 34.7 Å². The van der Waals surface area contributed by atoms with E-state index in [0.717, 1.165) is 5.69 Å². The van der Waals surface area contributed by atoms with E-state index in [-0.39, 0.29) is 24.3 Å². The van der Waals surface area contributed by atoms with Crippen molar-refractivity contribution < 1.29 is 19.1 Å².